The molecule has 1 aromatic rings. The summed E-state index contributed by atoms with van der Waals surface area (Å²) in [7, 11) is -1.02. The smallest absolute Gasteiger partial charge is 0.147 e. The molecule has 5 heteroatoms. The number of ether oxygens (including phenoxy) is 1. The highest BCUT2D eigenvalue weighted by atomic mass is 32.2. The summed E-state index contributed by atoms with van der Waals surface area (Å²) < 4.78 is 28.6. The summed E-state index contributed by atoms with van der Waals surface area (Å²) in [5, 5.41) is 3.36. The van der Waals surface area contributed by atoms with Gasteiger partial charge in [-0.1, -0.05) is 30.3 Å². The van der Waals surface area contributed by atoms with Crippen LogP contribution in [0.15, 0.2) is 30.3 Å². The van der Waals surface area contributed by atoms with Crippen molar-refractivity contribution in [3.05, 3.63) is 35.9 Å². The van der Waals surface area contributed by atoms with Gasteiger partial charge in [-0.3, -0.25) is 0 Å². The number of benzene rings is 1. The Hall–Kier alpha value is -0.910. The molecule has 1 unspecified atom stereocenters. The van der Waals surface area contributed by atoms with Gasteiger partial charge in [-0.2, -0.15) is 0 Å². The van der Waals surface area contributed by atoms with Gasteiger partial charge in [0.05, 0.1) is 5.75 Å². The summed E-state index contributed by atoms with van der Waals surface area (Å²) in [6.07, 6.45) is 3.78. The lowest BCUT2D eigenvalue weighted by Crippen LogP contribution is -2.51. The molecule has 0 saturated carbocycles. The van der Waals surface area contributed by atoms with Crippen LogP contribution >= 0.6 is 0 Å². The third kappa shape index (κ3) is 4.05. The van der Waals surface area contributed by atoms with Crippen LogP contribution in [0.5, 0.6) is 0 Å². The second kappa shape index (κ2) is 6.90. The van der Waals surface area contributed by atoms with E-state index in [9.17, 15) is 8.42 Å². The van der Waals surface area contributed by atoms with Crippen LogP contribution in [0.2, 0.25) is 0 Å². The van der Waals surface area contributed by atoms with Gasteiger partial charge in [0.25, 0.3) is 0 Å². The van der Waals surface area contributed by atoms with Crippen molar-refractivity contribution in [3.63, 3.8) is 0 Å². The lowest BCUT2D eigenvalue weighted by atomic mass is 9.68. The van der Waals surface area contributed by atoms with E-state index < -0.39 is 9.84 Å². The van der Waals surface area contributed by atoms with E-state index in [1.807, 2.05) is 13.1 Å². The molecule has 1 fully saturated rings. The van der Waals surface area contributed by atoms with Crippen molar-refractivity contribution in [2.24, 2.45) is 0 Å². The lowest BCUT2D eigenvalue weighted by Gasteiger charge is -2.44. The standard InChI is InChI=1S/C16H25NO3S/c1-17-15(8-13-21(2,18)19)16(9-11-20-12-10-16)14-6-4-3-5-7-14/h3-7,15,17H,8-13H2,1-2H3. The van der Waals surface area contributed by atoms with Crippen molar-refractivity contribution >= 4 is 9.84 Å². The number of hydrogen-bond acceptors (Lipinski definition) is 4. The molecule has 1 saturated heterocycles. The topological polar surface area (TPSA) is 55.4 Å². The van der Waals surface area contributed by atoms with Crippen LogP contribution in [0.25, 0.3) is 0 Å². The Kier molecular flexibility index (Phi) is 5.41. The van der Waals surface area contributed by atoms with E-state index >= 15 is 0 Å². The predicted molar refractivity (Wildman–Crippen MR) is 85.3 cm³/mol. The van der Waals surface area contributed by atoms with Crippen LogP contribution in [0, 0.1) is 0 Å². The largest absolute Gasteiger partial charge is 0.381 e. The van der Waals surface area contributed by atoms with Crippen LogP contribution in [-0.2, 0) is 20.0 Å². The average Bonchev–Trinajstić information content (AvgIpc) is 2.48. The van der Waals surface area contributed by atoms with Crippen molar-refractivity contribution in [2.75, 3.05) is 32.3 Å². The zero-order valence-electron chi connectivity index (χ0n) is 12.8. The van der Waals surface area contributed by atoms with E-state index in [1.54, 1.807) is 0 Å². The Morgan fingerprint density at radius 2 is 1.86 bits per heavy atom. The maximum atomic E-state index is 11.5. The van der Waals surface area contributed by atoms with Crippen LogP contribution in [0.3, 0.4) is 0 Å². The summed E-state index contributed by atoms with van der Waals surface area (Å²) in [4.78, 5) is 0. The van der Waals surface area contributed by atoms with Crippen LogP contribution in [-0.4, -0.2) is 46.7 Å². The predicted octanol–water partition coefficient (Wildman–Crippen LogP) is 1.76. The Balaban J connectivity index is 2.29. The molecule has 0 amide bonds. The van der Waals surface area contributed by atoms with Gasteiger partial charge in [0.15, 0.2) is 0 Å². The molecule has 1 aliphatic heterocycles. The number of nitrogens with one attached hydrogen (secondary N) is 1. The molecule has 2 rings (SSSR count). The molecule has 4 nitrogen and oxygen atoms in total. The Bertz CT molecular complexity index is 536. The maximum absolute atomic E-state index is 11.5. The van der Waals surface area contributed by atoms with Crippen molar-refractivity contribution < 1.29 is 13.2 Å². The minimum Gasteiger partial charge on any atom is -0.381 e. The Labute approximate surface area is 127 Å². The summed E-state index contributed by atoms with van der Waals surface area (Å²) >= 11 is 0. The zero-order valence-corrected chi connectivity index (χ0v) is 13.7. The second-order valence-corrected chi connectivity index (χ2v) is 8.15. The molecule has 0 aromatic heterocycles. The maximum Gasteiger partial charge on any atom is 0.147 e. The van der Waals surface area contributed by atoms with E-state index in [-0.39, 0.29) is 17.2 Å². The van der Waals surface area contributed by atoms with Gasteiger partial charge in [-0.25, -0.2) is 8.42 Å². The quantitative estimate of drug-likeness (QED) is 0.870. The number of rotatable bonds is 6. The van der Waals surface area contributed by atoms with Crippen molar-refractivity contribution in [1.29, 1.82) is 0 Å². The van der Waals surface area contributed by atoms with Gasteiger partial charge in [0.2, 0.25) is 0 Å². The third-order valence-corrected chi connectivity index (χ3v) is 5.50. The van der Waals surface area contributed by atoms with Gasteiger partial charge in [0, 0.05) is 30.9 Å². The minimum absolute atomic E-state index is 0.0427. The van der Waals surface area contributed by atoms with Crippen LogP contribution in [0.4, 0.5) is 0 Å². The second-order valence-electron chi connectivity index (χ2n) is 5.89. The number of hydrogen-bond donors (Lipinski definition) is 1. The summed E-state index contributed by atoms with van der Waals surface area (Å²) in [6.45, 7) is 1.46. The molecule has 1 atom stereocenters. The normalized spacial score (nSPS) is 20.1. The van der Waals surface area contributed by atoms with Crippen molar-refractivity contribution in [1.82, 2.24) is 5.32 Å². The molecule has 0 bridgehead atoms. The number of likely N-dealkylation sites (N-methyl/N-ethyl adjacent to an activating group) is 1. The van der Waals surface area contributed by atoms with E-state index in [1.165, 1.54) is 11.8 Å². The molecular formula is C16H25NO3S. The molecule has 1 N–H and O–H groups in total. The van der Waals surface area contributed by atoms with Crippen LogP contribution < -0.4 is 5.32 Å². The highest BCUT2D eigenvalue weighted by molar-refractivity contribution is 7.90. The molecule has 0 spiro atoms. The van der Waals surface area contributed by atoms with Crippen LogP contribution in [0.1, 0.15) is 24.8 Å². The SMILES string of the molecule is CNC(CCS(C)(=O)=O)C1(c2ccccc2)CCOCC1. The van der Waals surface area contributed by atoms with Gasteiger partial charge in [-0.15, -0.1) is 0 Å². The van der Waals surface area contributed by atoms with Crippen molar-refractivity contribution in [3.8, 4) is 0 Å². The van der Waals surface area contributed by atoms with E-state index in [0.717, 1.165) is 26.1 Å². The Morgan fingerprint density at radius 1 is 1.24 bits per heavy atom. The summed E-state index contributed by atoms with van der Waals surface area (Å²) in [5.41, 5.74) is 1.24. The molecule has 0 aliphatic carbocycles. The third-order valence-electron chi connectivity index (χ3n) is 4.53. The van der Waals surface area contributed by atoms with Gasteiger partial charge >= 0.3 is 0 Å². The van der Waals surface area contributed by atoms with E-state index in [0.29, 0.717) is 6.42 Å². The zero-order chi connectivity index (χ0) is 15.3. The highest BCUT2D eigenvalue weighted by Crippen LogP contribution is 2.39. The summed E-state index contributed by atoms with van der Waals surface area (Å²) in [5.74, 6) is 0.216. The Morgan fingerprint density at radius 3 is 2.38 bits per heavy atom. The fourth-order valence-electron chi connectivity index (χ4n) is 3.37. The first-order valence-corrected chi connectivity index (χ1v) is 9.52. The van der Waals surface area contributed by atoms with Gasteiger partial charge in [0.1, 0.15) is 9.84 Å². The fraction of sp³-hybridized carbons (Fsp3) is 0.625. The van der Waals surface area contributed by atoms with Gasteiger partial charge in [-0.05, 0) is 31.9 Å². The monoisotopic (exact) mass is 311 g/mol. The lowest BCUT2D eigenvalue weighted by molar-refractivity contribution is 0.0350. The molecule has 118 valence electrons. The van der Waals surface area contributed by atoms with E-state index in [2.05, 4.69) is 29.6 Å². The minimum atomic E-state index is -2.95. The average molecular weight is 311 g/mol. The number of sulfone groups is 1. The van der Waals surface area contributed by atoms with Crippen molar-refractivity contribution in [2.45, 2.75) is 30.7 Å². The first-order chi connectivity index (χ1) is 9.98. The first kappa shape index (κ1) is 16.5. The molecule has 21 heavy (non-hydrogen) atoms. The molecule has 1 heterocycles. The van der Waals surface area contributed by atoms with E-state index in [4.69, 9.17) is 4.74 Å². The first-order valence-electron chi connectivity index (χ1n) is 7.46. The molecule has 0 radical (unpaired) electrons. The molecular weight excluding hydrogens is 286 g/mol. The fourth-order valence-corrected chi connectivity index (χ4v) is 4.04. The van der Waals surface area contributed by atoms with Gasteiger partial charge < -0.3 is 10.1 Å². The molecule has 1 aliphatic rings. The summed E-state index contributed by atoms with van der Waals surface area (Å²) in [6, 6.07) is 10.6. The molecule has 1 aromatic carbocycles. The highest BCUT2D eigenvalue weighted by Gasteiger charge is 2.41.